The Bertz CT molecular complexity index is 764. The Hall–Kier alpha value is -2.69. The second-order valence-corrected chi connectivity index (χ2v) is 6.42. The van der Waals surface area contributed by atoms with Crippen molar-refractivity contribution >= 4 is 23.2 Å². The zero-order valence-corrected chi connectivity index (χ0v) is 14.2. The van der Waals surface area contributed by atoms with Gasteiger partial charge in [-0.2, -0.15) is 0 Å². The second-order valence-electron chi connectivity index (χ2n) is 6.42. The fourth-order valence-electron chi connectivity index (χ4n) is 2.29. The number of amides is 2. The summed E-state index contributed by atoms with van der Waals surface area (Å²) in [6, 6.07) is 11.2. The summed E-state index contributed by atoms with van der Waals surface area (Å²) in [5, 5.41) is 5.34. The maximum Gasteiger partial charge on any atom is 0.239 e. The summed E-state index contributed by atoms with van der Waals surface area (Å²) in [5.41, 5.74) is 1.68. The van der Waals surface area contributed by atoms with Gasteiger partial charge in [-0.25, -0.2) is 4.39 Å². The third kappa shape index (κ3) is 4.19. The summed E-state index contributed by atoms with van der Waals surface area (Å²) in [6.45, 7) is 6.92. The normalized spacial score (nSPS) is 11.0. The molecule has 0 saturated heterocycles. The number of hydrogen-bond acceptors (Lipinski definition) is 2. The van der Waals surface area contributed by atoms with Crippen molar-refractivity contribution in [1.29, 1.82) is 0 Å². The Balaban J connectivity index is 2.12. The molecule has 5 heteroatoms. The number of rotatable bonds is 4. The Kier molecular flexibility index (Phi) is 5.02. The highest BCUT2D eigenvalue weighted by Crippen LogP contribution is 2.23. The summed E-state index contributed by atoms with van der Waals surface area (Å²) in [7, 11) is 0. The van der Waals surface area contributed by atoms with E-state index in [1.54, 1.807) is 6.07 Å². The summed E-state index contributed by atoms with van der Waals surface area (Å²) in [6.07, 6.45) is 0. The van der Waals surface area contributed by atoms with Crippen molar-refractivity contribution in [3.05, 3.63) is 59.4 Å². The van der Waals surface area contributed by atoms with Crippen LogP contribution in [-0.4, -0.2) is 11.8 Å². The molecule has 2 amide bonds. The molecule has 0 fully saturated rings. The van der Waals surface area contributed by atoms with Crippen molar-refractivity contribution < 1.29 is 14.0 Å². The van der Waals surface area contributed by atoms with E-state index in [-0.39, 0.29) is 0 Å². The standard InChI is InChI=1S/C19H21FN2O2/c1-12-8-13(2)10-16(9-12)22-18(24)19(3,4)17(23)21-15-7-5-6-14(20)11-15/h5-11H,1-4H3,(H,21,23)(H,22,24). The van der Waals surface area contributed by atoms with Gasteiger partial charge < -0.3 is 10.6 Å². The molecule has 126 valence electrons. The van der Waals surface area contributed by atoms with E-state index in [1.165, 1.54) is 32.0 Å². The van der Waals surface area contributed by atoms with Gasteiger partial charge in [-0.1, -0.05) is 12.1 Å². The minimum Gasteiger partial charge on any atom is -0.325 e. The minimum absolute atomic E-state index is 0.312. The molecule has 2 aromatic carbocycles. The van der Waals surface area contributed by atoms with Gasteiger partial charge >= 0.3 is 0 Å². The lowest BCUT2D eigenvalue weighted by Crippen LogP contribution is -2.41. The van der Waals surface area contributed by atoms with E-state index in [4.69, 9.17) is 0 Å². The highest BCUT2D eigenvalue weighted by atomic mass is 19.1. The first-order valence-electron chi connectivity index (χ1n) is 7.65. The molecule has 0 aliphatic rings. The van der Waals surface area contributed by atoms with Crippen LogP contribution in [0.4, 0.5) is 15.8 Å². The Morgan fingerprint density at radius 1 is 0.875 bits per heavy atom. The largest absolute Gasteiger partial charge is 0.325 e. The molecule has 2 rings (SSSR count). The van der Waals surface area contributed by atoms with Crippen LogP contribution in [0.2, 0.25) is 0 Å². The third-order valence-corrected chi connectivity index (χ3v) is 3.70. The molecule has 0 atom stereocenters. The molecule has 0 spiro atoms. The second kappa shape index (κ2) is 6.83. The van der Waals surface area contributed by atoms with Gasteiger partial charge in [-0.15, -0.1) is 0 Å². The number of carbonyl (C=O) groups is 2. The van der Waals surface area contributed by atoms with E-state index in [0.29, 0.717) is 11.4 Å². The fourth-order valence-corrected chi connectivity index (χ4v) is 2.29. The average molecular weight is 328 g/mol. The predicted molar refractivity (Wildman–Crippen MR) is 93.4 cm³/mol. The molecule has 4 nitrogen and oxygen atoms in total. The summed E-state index contributed by atoms with van der Waals surface area (Å²) in [4.78, 5) is 24.9. The zero-order valence-electron chi connectivity index (χ0n) is 14.2. The Morgan fingerprint density at radius 2 is 1.42 bits per heavy atom. The lowest BCUT2D eigenvalue weighted by atomic mass is 9.90. The molecule has 0 aromatic heterocycles. The first-order chi connectivity index (χ1) is 11.2. The van der Waals surface area contributed by atoms with Crippen LogP contribution in [0.25, 0.3) is 0 Å². The molecule has 0 unspecified atom stereocenters. The summed E-state index contributed by atoms with van der Waals surface area (Å²) in [5.74, 6) is -1.39. The predicted octanol–water partition coefficient (Wildman–Crippen LogP) is 4.05. The molecule has 0 aliphatic heterocycles. The van der Waals surface area contributed by atoms with Crippen LogP contribution in [0.5, 0.6) is 0 Å². The zero-order chi connectivity index (χ0) is 17.9. The van der Waals surface area contributed by atoms with Crippen molar-refractivity contribution in [1.82, 2.24) is 0 Å². The lowest BCUT2D eigenvalue weighted by molar-refractivity contribution is -0.135. The van der Waals surface area contributed by atoms with Crippen molar-refractivity contribution in [2.75, 3.05) is 10.6 Å². The number of benzene rings is 2. The van der Waals surface area contributed by atoms with Gasteiger partial charge in [0, 0.05) is 11.4 Å². The molecule has 2 N–H and O–H groups in total. The lowest BCUT2D eigenvalue weighted by Gasteiger charge is -2.23. The minimum atomic E-state index is -1.32. The van der Waals surface area contributed by atoms with Crippen molar-refractivity contribution in [2.24, 2.45) is 5.41 Å². The highest BCUT2D eigenvalue weighted by Gasteiger charge is 2.36. The topological polar surface area (TPSA) is 58.2 Å². The summed E-state index contributed by atoms with van der Waals surface area (Å²) < 4.78 is 13.2. The highest BCUT2D eigenvalue weighted by molar-refractivity contribution is 6.14. The van der Waals surface area contributed by atoms with E-state index in [0.717, 1.165) is 11.1 Å². The van der Waals surface area contributed by atoms with Crippen LogP contribution in [0.3, 0.4) is 0 Å². The van der Waals surface area contributed by atoms with E-state index < -0.39 is 23.0 Å². The van der Waals surface area contributed by atoms with Crippen LogP contribution in [-0.2, 0) is 9.59 Å². The van der Waals surface area contributed by atoms with E-state index in [1.807, 2.05) is 32.0 Å². The van der Waals surface area contributed by atoms with Crippen LogP contribution >= 0.6 is 0 Å². The smallest absolute Gasteiger partial charge is 0.239 e. The van der Waals surface area contributed by atoms with Crippen molar-refractivity contribution in [2.45, 2.75) is 27.7 Å². The van der Waals surface area contributed by atoms with Gasteiger partial charge in [-0.3, -0.25) is 9.59 Å². The number of aryl methyl sites for hydroxylation is 2. The van der Waals surface area contributed by atoms with E-state index >= 15 is 0 Å². The first kappa shape index (κ1) is 17.7. The number of hydrogen-bond donors (Lipinski definition) is 2. The maximum atomic E-state index is 13.2. The average Bonchev–Trinajstić information content (AvgIpc) is 2.45. The van der Waals surface area contributed by atoms with Gasteiger partial charge in [0.2, 0.25) is 11.8 Å². The quantitative estimate of drug-likeness (QED) is 0.832. The summed E-state index contributed by atoms with van der Waals surface area (Å²) >= 11 is 0. The fraction of sp³-hybridized carbons (Fsp3) is 0.263. The number of nitrogens with one attached hydrogen (secondary N) is 2. The Morgan fingerprint density at radius 3 is 1.96 bits per heavy atom. The Labute approximate surface area is 141 Å². The van der Waals surface area contributed by atoms with Crippen LogP contribution in [0.15, 0.2) is 42.5 Å². The monoisotopic (exact) mass is 328 g/mol. The van der Waals surface area contributed by atoms with Gasteiger partial charge in [0.25, 0.3) is 0 Å². The first-order valence-corrected chi connectivity index (χ1v) is 7.65. The molecule has 0 bridgehead atoms. The van der Waals surface area contributed by atoms with Crippen molar-refractivity contribution in [3.63, 3.8) is 0 Å². The molecular weight excluding hydrogens is 307 g/mol. The van der Waals surface area contributed by atoms with Crippen LogP contribution < -0.4 is 10.6 Å². The van der Waals surface area contributed by atoms with E-state index in [9.17, 15) is 14.0 Å². The molecule has 0 saturated carbocycles. The third-order valence-electron chi connectivity index (χ3n) is 3.70. The van der Waals surface area contributed by atoms with Crippen LogP contribution in [0, 0.1) is 25.1 Å². The van der Waals surface area contributed by atoms with Gasteiger partial charge in [0.05, 0.1) is 0 Å². The van der Waals surface area contributed by atoms with Crippen molar-refractivity contribution in [3.8, 4) is 0 Å². The van der Waals surface area contributed by atoms with E-state index in [2.05, 4.69) is 10.6 Å². The molecule has 0 heterocycles. The van der Waals surface area contributed by atoms with Gasteiger partial charge in [-0.05, 0) is 69.2 Å². The van der Waals surface area contributed by atoms with Gasteiger partial charge in [0.15, 0.2) is 0 Å². The van der Waals surface area contributed by atoms with Gasteiger partial charge in [0.1, 0.15) is 11.2 Å². The molecule has 24 heavy (non-hydrogen) atoms. The number of carbonyl (C=O) groups excluding carboxylic acids is 2. The van der Waals surface area contributed by atoms with Crippen LogP contribution in [0.1, 0.15) is 25.0 Å². The molecular formula is C19H21FN2O2. The maximum absolute atomic E-state index is 13.2. The number of halogens is 1. The molecule has 0 aliphatic carbocycles. The molecule has 0 radical (unpaired) electrons. The number of anilines is 2. The SMILES string of the molecule is Cc1cc(C)cc(NC(=O)C(C)(C)C(=O)Nc2cccc(F)c2)c1. The molecule has 2 aromatic rings.